The van der Waals surface area contributed by atoms with Crippen LogP contribution in [0, 0.1) is 6.92 Å². The minimum Gasteiger partial charge on any atom is -0.487 e. The molecule has 1 aromatic heterocycles. The zero-order chi connectivity index (χ0) is 31.1. The first-order valence-electron chi connectivity index (χ1n) is 13.6. The van der Waals surface area contributed by atoms with Gasteiger partial charge in [0.15, 0.2) is 0 Å². The van der Waals surface area contributed by atoms with Crippen molar-refractivity contribution in [1.82, 2.24) is 10.3 Å². The van der Waals surface area contributed by atoms with Gasteiger partial charge in [0.1, 0.15) is 17.9 Å². The molecule has 4 aromatic rings. The molecule has 11 heteroatoms. The molecule has 0 bridgehead atoms. The number of benzene rings is 3. The van der Waals surface area contributed by atoms with Gasteiger partial charge in [-0.05, 0) is 55.0 Å². The fourth-order valence-corrected chi connectivity index (χ4v) is 4.90. The van der Waals surface area contributed by atoms with Crippen LogP contribution >= 0.6 is 35.6 Å². The monoisotopic (exact) mass is 654 g/mol. The van der Waals surface area contributed by atoms with E-state index in [0.29, 0.717) is 28.4 Å². The second-order valence-electron chi connectivity index (χ2n) is 9.83. The third-order valence-electron chi connectivity index (χ3n) is 6.89. The number of aromatic nitrogens is 1. The van der Waals surface area contributed by atoms with E-state index in [1.165, 1.54) is 11.0 Å². The molecular weight excluding hydrogens is 623 g/mol. The van der Waals surface area contributed by atoms with E-state index in [0.717, 1.165) is 27.8 Å². The average Bonchev–Trinajstić information content (AvgIpc) is 3.01. The minimum absolute atomic E-state index is 0. The van der Waals surface area contributed by atoms with Crippen LogP contribution in [-0.4, -0.2) is 43.3 Å². The van der Waals surface area contributed by atoms with E-state index >= 15 is 0 Å². The van der Waals surface area contributed by atoms with Crippen molar-refractivity contribution in [3.05, 3.63) is 99.7 Å². The third-order valence-corrected chi connectivity index (χ3v) is 7.67. The molecule has 230 valence electrons. The fourth-order valence-electron chi connectivity index (χ4n) is 4.30. The molecule has 1 N–H and O–H groups in total. The van der Waals surface area contributed by atoms with E-state index in [9.17, 15) is 14.4 Å². The molecule has 4 rings (SSSR count). The number of para-hydroxylation sites is 1. The summed E-state index contributed by atoms with van der Waals surface area (Å²) >= 11 is 13.2. The molecule has 0 fully saturated rings. The van der Waals surface area contributed by atoms with Crippen LogP contribution in [0.5, 0.6) is 5.75 Å². The van der Waals surface area contributed by atoms with E-state index in [1.54, 1.807) is 68.4 Å². The minimum atomic E-state index is -0.431. The molecular formula is C33H33Cl3N4O4. The number of likely N-dealkylation sites (N-methyl/N-ethyl adjacent to an activating group) is 1. The van der Waals surface area contributed by atoms with Gasteiger partial charge in [0.25, 0.3) is 0 Å². The van der Waals surface area contributed by atoms with Crippen molar-refractivity contribution >= 4 is 81.7 Å². The number of pyridine rings is 1. The Morgan fingerprint density at radius 2 is 1.66 bits per heavy atom. The zero-order valence-corrected chi connectivity index (χ0v) is 27.1. The van der Waals surface area contributed by atoms with Gasteiger partial charge >= 0.3 is 0 Å². The Hall–Kier alpha value is -4.11. The smallest absolute Gasteiger partial charge is 0.246 e. The first kappa shape index (κ1) is 34.4. The lowest BCUT2D eigenvalue weighted by atomic mass is 10.1. The zero-order valence-electron chi connectivity index (χ0n) is 24.8. The molecule has 0 radical (unpaired) electrons. The first-order valence-corrected chi connectivity index (χ1v) is 14.4. The second-order valence-corrected chi connectivity index (χ2v) is 10.6. The van der Waals surface area contributed by atoms with Gasteiger partial charge in [0.2, 0.25) is 17.7 Å². The van der Waals surface area contributed by atoms with Gasteiger partial charge in [-0.2, -0.15) is 0 Å². The van der Waals surface area contributed by atoms with Crippen molar-refractivity contribution in [2.45, 2.75) is 26.9 Å². The van der Waals surface area contributed by atoms with E-state index < -0.39 is 5.91 Å². The summed E-state index contributed by atoms with van der Waals surface area (Å²) in [5.74, 6) is -0.206. The van der Waals surface area contributed by atoms with Gasteiger partial charge < -0.3 is 19.9 Å². The maximum Gasteiger partial charge on any atom is 0.246 e. The molecule has 8 nitrogen and oxygen atoms in total. The quantitative estimate of drug-likeness (QED) is 0.186. The number of nitrogens with one attached hydrogen (secondary N) is 1. The van der Waals surface area contributed by atoms with Crippen LogP contribution in [0.25, 0.3) is 17.0 Å². The van der Waals surface area contributed by atoms with Crippen molar-refractivity contribution in [3.8, 4) is 5.75 Å². The molecule has 0 spiro atoms. The van der Waals surface area contributed by atoms with Crippen LogP contribution in [0.3, 0.4) is 0 Å². The van der Waals surface area contributed by atoms with Crippen molar-refractivity contribution in [1.29, 1.82) is 0 Å². The Morgan fingerprint density at radius 1 is 0.932 bits per heavy atom. The summed E-state index contributed by atoms with van der Waals surface area (Å²) in [6, 6.07) is 20.1. The summed E-state index contributed by atoms with van der Waals surface area (Å²) in [5, 5.41) is 4.21. The van der Waals surface area contributed by atoms with Crippen molar-refractivity contribution in [3.63, 3.8) is 0 Å². The van der Waals surface area contributed by atoms with Crippen LogP contribution < -0.4 is 19.9 Å². The van der Waals surface area contributed by atoms with Gasteiger partial charge in [0, 0.05) is 53.9 Å². The highest BCUT2D eigenvalue weighted by molar-refractivity contribution is 6.38. The van der Waals surface area contributed by atoms with Gasteiger partial charge in [-0.1, -0.05) is 60.5 Å². The van der Waals surface area contributed by atoms with Gasteiger partial charge in [-0.25, -0.2) is 4.98 Å². The summed E-state index contributed by atoms with van der Waals surface area (Å²) in [7, 11) is 3.29. The predicted octanol–water partition coefficient (Wildman–Crippen LogP) is 7.02. The SMILES string of the molecule is CCC(=O)N(C)c1ccc(C=CC(=O)NCC(=O)N(C)c2ccc(Cl)c(COc3cccc4ccc(C)nc34)c2Cl)cc1.Cl. The fraction of sp³-hybridized carbons (Fsp3) is 0.212. The number of aryl methyl sites for hydroxylation is 1. The van der Waals surface area contributed by atoms with E-state index in [1.807, 2.05) is 37.3 Å². The van der Waals surface area contributed by atoms with Crippen LogP contribution in [0.2, 0.25) is 10.0 Å². The van der Waals surface area contributed by atoms with Gasteiger partial charge in [-0.15, -0.1) is 12.4 Å². The molecule has 3 aromatic carbocycles. The molecule has 0 saturated heterocycles. The van der Waals surface area contributed by atoms with Gasteiger partial charge in [0.05, 0.1) is 17.3 Å². The Balaban J connectivity index is 0.00000529. The molecule has 0 aliphatic heterocycles. The van der Waals surface area contributed by atoms with Crippen molar-refractivity contribution in [2.24, 2.45) is 0 Å². The first-order chi connectivity index (χ1) is 20.6. The van der Waals surface area contributed by atoms with Crippen molar-refractivity contribution in [2.75, 3.05) is 30.4 Å². The number of hydrogen-bond donors (Lipinski definition) is 1. The topological polar surface area (TPSA) is 91.8 Å². The lowest BCUT2D eigenvalue weighted by molar-refractivity contribution is -0.122. The maximum absolute atomic E-state index is 12.9. The summed E-state index contributed by atoms with van der Waals surface area (Å²) in [6.45, 7) is 3.54. The second kappa shape index (κ2) is 15.6. The lowest BCUT2D eigenvalue weighted by Crippen LogP contribution is -2.37. The number of carbonyl (C=O) groups excluding carboxylic acids is 3. The van der Waals surface area contributed by atoms with E-state index in [-0.39, 0.29) is 42.4 Å². The maximum atomic E-state index is 12.9. The summed E-state index contributed by atoms with van der Waals surface area (Å²) in [5.41, 5.74) is 4.09. The molecule has 0 aliphatic rings. The molecule has 0 saturated carbocycles. The number of amides is 3. The standard InChI is InChI=1S/C33H32Cl2N4O4.ClH/c1-5-30(41)38(3)24-14-10-22(11-15-24)12-18-29(40)36-19-31(42)39(4)27-17-16-26(34)25(32(27)35)20-43-28-8-6-7-23-13-9-21(2)37-33(23)28;/h6-18H,5,19-20H2,1-4H3,(H,36,40);1H. The summed E-state index contributed by atoms with van der Waals surface area (Å²) in [4.78, 5) is 44.7. The van der Waals surface area contributed by atoms with E-state index in [2.05, 4.69) is 10.3 Å². The number of ether oxygens (including phenoxy) is 1. The number of anilines is 2. The van der Waals surface area contributed by atoms with Crippen LogP contribution in [0.4, 0.5) is 11.4 Å². The number of rotatable bonds is 10. The Kier molecular flexibility index (Phi) is 12.2. The Bertz CT molecular complexity index is 1690. The number of carbonyl (C=O) groups is 3. The molecule has 1 heterocycles. The Labute approximate surface area is 273 Å². The normalized spacial score (nSPS) is 10.8. The largest absolute Gasteiger partial charge is 0.487 e. The predicted molar refractivity (Wildman–Crippen MR) is 180 cm³/mol. The van der Waals surface area contributed by atoms with Gasteiger partial charge in [-0.3, -0.25) is 14.4 Å². The highest BCUT2D eigenvalue weighted by Crippen LogP contribution is 2.35. The number of halogens is 3. The van der Waals surface area contributed by atoms with E-state index in [4.69, 9.17) is 27.9 Å². The summed E-state index contributed by atoms with van der Waals surface area (Å²) < 4.78 is 6.08. The highest BCUT2D eigenvalue weighted by atomic mass is 35.5. The molecule has 0 unspecified atom stereocenters. The summed E-state index contributed by atoms with van der Waals surface area (Å²) in [6.07, 6.45) is 3.39. The van der Waals surface area contributed by atoms with Crippen molar-refractivity contribution < 1.29 is 19.1 Å². The van der Waals surface area contributed by atoms with Crippen LogP contribution in [0.15, 0.2) is 72.8 Å². The molecule has 3 amide bonds. The number of hydrogen-bond acceptors (Lipinski definition) is 5. The number of nitrogens with zero attached hydrogens (tertiary/aromatic N) is 3. The molecule has 0 aliphatic carbocycles. The highest BCUT2D eigenvalue weighted by Gasteiger charge is 2.19. The van der Waals surface area contributed by atoms with Crippen LogP contribution in [-0.2, 0) is 21.0 Å². The number of fused-ring (bicyclic) bond motifs is 1. The average molecular weight is 656 g/mol. The molecule has 0 atom stereocenters. The molecule has 44 heavy (non-hydrogen) atoms. The lowest BCUT2D eigenvalue weighted by Gasteiger charge is -2.21. The Morgan fingerprint density at radius 3 is 2.36 bits per heavy atom. The third kappa shape index (κ3) is 8.29. The van der Waals surface area contributed by atoms with Crippen LogP contribution in [0.1, 0.15) is 30.2 Å².